The molecular formula is C22H24N6O2. The van der Waals surface area contributed by atoms with E-state index in [9.17, 15) is 9.59 Å². The van der Waals surface area contributed by atoms with E-state index in [-0.39, 0.29) is 17.4 Å². The first-order valence-electron chi connectivity index (χ1n) is 10.1. The third kappa shape index (κ3) is 4.71. The van der Waals surface area contributed by atoms with Crippen LogP contribution in [0.4, 0.5) is 5.82 Å². The number of aromatic nitrogens is 4. The van der Waals surface area contributed by atoms with E-state index in [0.717, 1.165) is 43.0 Å². The maximum absolute atomic E-state index is 12.5. The SMILES string of the molecule is O=C(NCCn1ncccc1=O)C1CCN(c2cc(-c3ccccc3)ncn2)CC1. The third-order valence-electron chi connectivity index (χ3n) is 5.32. The Hall–Kier alpha value is -3.55. The average Bonchev–Trinajstić information content (AvgIpc) is 2.81. The van der Waals surface area contributed by atoms with E-state index < -0.39 is 0 Å². The van der Waals surface area contributed by atoms with Crippen LogP contribution in [0, 0.1) is 5.92 Å². The highest BCUT2D eigenvalue weighted by Gasteiger charge is 2.25. The number of nitrogens with one attached hydrogen (secondary N) is 1. The molecule has 1 N–H and O–H groups in total. The molecule has 1 aromatic carbocycles. The van der Waals surface area contributed by atoms with Crippen LogP contribution in [0.2, 0.25) is 0 Å². The topological polar surface area (TPSA) is 93.0 Å². The zero-order valence-corrected chi connectivity index (χ0v) is 16.6. The lowest BCUT2D eigenvalue weighted by Crippen LogP contribution is -2.42. The van der Waals surface area contributed by atoms with Crippen molar-refractivity contribution in [2.75, 3.05) is 24.5 Å². The van der Waals surface area contributed by atoms with Gasteiger partial charge in [0.1, 0.15) is 12.1 Å². The second-order valence-corrected chi connectivity index (χ2v) is 7.26. The highest BCUT2D eigenvalue weighted by atomic mass is 16.2. The van der Waals surface area contributed by atoms with Gasteiger partial charge < -0.3 is 10.2 Å². The van der Waals surface area contributed by atoms with E-state index in [1.807, 2.05) is 36.4 Å². The fourth-order valence-corrected chi connectivity index (χ4v) is 3.64. The van der Waals surface area contributed by atoms with Crippen LogP contribution >= 0.6 is 0 Å². The van der Waals surface area contributed by atoms with Crippen LogP contribution < -0.4 is 15.8 Å². The lowest BCUT2D eigenvalue weighted by molar-refractivity contribution is -0.125. The van der Waals surface area contributed by atoms with E-state index in [2.05, 4.69) is 25.3 Å². The summed E-state index contributed by atoms with van der Waals surface area (Å²) in [5.74, 6) is 0.890. The Balaban J connectivity index is 1.29. The monoisotopic (exact) mass is 404 g/mol. The van der Waals surface area contributed by atoms with Crippen LogP contribution in [-0.2, 0) is 11.3 Å². The number of benzene rings is 1. The molecule has 0 aliphatic carbocycles. The molecule has 1 fully saturated rings. The summed E-state index contributed by atoms with van der Waals surface area (Å²) >= 11 is 0. The maximum Gasteiger partial charge on any atom is 0.266 e. The summed E-state index contributed by atoms with van der Waals surface area (Å²) in [4.78, 5) is 35.2. The smallest absolute Gasteiger partial charge is 0.266 e. The van der Waals surface area contributed by atoms with Crippen LogP contribution in [0.25, 0.3) is 11.3 Å². The Morgan fingerprint density at radius 3 is 2.63 bits per heavy atom. The van der Waals surface area contributed by atoms with Gasteiger partial charge in [0.15, 0.2) is 0 Å². The predicted octanol–water partition coefficient (Wildman–Crippen LogP) is 1.73. The van der Waals surface area contributed by atoms with Crippen molar-refractivity contribution in [2.24, 2.45) is 5.92 Å². The molecule has 154 valence electrons. The van der Waals surface area contributed by atoms with E-state index in [1.54, 1.807) is 18.6 Å². The van der Waals surface area contributed by atoms with Crippen molar-refractivity contribution in [3.8, 4) is 11.3 Å². The van der Waals surface area contributed by atoms with Crippen molar-refractivity contribution in [3.63, 3.8) is 0 Å². The number of hydrogen-bond donors (Lipinski definition) is 1. The Kier molecular flexibility index (Phi) is 6.12. The van der Waals surface area contributed by atoms with E-state index >= 15 is 0 Å². The summed E-state index contributed by atoms with van der Waals surface area (Å²) in [7, 11) is 0. The molecule has 1 aliphatic rings. The largest absolute Gasteiger partial charge is 0.356 e. The Morgan fingerprint density at radius 1 is 1.07 bits per heavy atom. The maximum atomic E-state index is 12.5. The van der Waals surface area contributed by atoms with Gasteiger partial charge >= 0.3 is 0 Å². The number of carbonyl (C=O) groups is 1. The van der Waals surface area contributed by atoms with Crippen LogP contribution in [0.5, 0.6) is 0 Å². The van der Waals surface area contributed by atoms with E-state index in [1.165, 1.54) is 10.7 Å². The molecule has 0 spiro atoms. The number of carbonyl (C=O) groups excluding carboxylic acids is 1. The van der Waals surface area contributed by atoms with Crippen LogP contribution in [0.3, 0.4) is 0 Å². The number of nitrogens with zero attached hydrogens (tertiary/aromatic N) is 5. The molecule has 1 saturated heterocycles. The predicted molar refractivity (Wildman–Crippen MR) is 114 cm³/mol. The molecule has 8 heteroatoms. The third-order valence-corrected chi connectivity index (χ3v) is 5.32. The van der Waals surface area contributed by atoms with Crippen molar-refractivity contribution < 1.29 is 4.79 Å². The van der Waals surface area contributed by atoms with Crippen LogP contribution in [0.1, 0.15) is 12.8 Å². The summed E-state index contributed by atoms with van der Waals surface area (Å²) in [5.41, 5.74) is 1.78. The standard InChI is InChI=1S/C22H24N6O2/c29-21-7-4-10-26-28(21)14-11-23-22(30)18-8-12-27(13-9-18)20-15-19(24-16-25-20)17-5-2-1-3-6-17/h1-7,10,15-16,18H,8-9,11-14H2,(H,23,30). The van der Waals surface area contributed by atoms with Crippen molar-refractivity contribution in [1.82, 2.24) is 25.1 Å². The molecule has 1 amide bonds. The first-order valence-corrected chi connectivity index (χ1v) is 10.1. The Bertz CT molecular complexity index is 1040. The fourth-order valence-electron chi connectivity index (χ4n) is 3.64. The summed E-state index contributed by atoms with van der Waals surface area (Å²) < 4.78 is 1.35. The average molecular weight is 404 g/mol. The van der Waals surface area contributed by atoms with Crippen molar-refractivity contribution >= 4 is 11.7 Å². The van der Waals surface area contributed by atoms with Gasteiger partial charge in [-0.15, -0.1) is 0 Å². The number of rotatable bonds is 6. The summed E-state index contributed by atoms with van der Waals surface area (Å²) in [6.07, 6.45) is 4.69. The van der Waals surface area contributed by atoms with Gasteiger partial charge in [-0.2, -0.15) is 5.10 Å². The summed E-state index contributed by atoms with van der Waals surface area (Å²) in [6.45, 7) is 2.29. The minimum Gasteiger partial charge on any atom is -0.356 e. The second-order valence-electron chi connectivity index (χ2n) is 7.26. The number of amides is 1. The molecule has 0 saturated carbocycles. The number of anilines is 1. The summed E-state index contributed by atoms with van der Waals surface area (Å²) in [5, 5.41) is 6.92. The second kappa shape index (κ2) is 9.30. The number of hydrogen-bond acceptors (Lipinski definition) is 6. The van der Waals surface area contributed by atoms with Crippen molar-refractivity contribution in [2.45, 2.75) is 19.4 Å². The Morgan fingerprint density at radius 2 is 1.87 bits per heavy atom. The van der Waals surface area contributed by atoms with Crippen LogP contribution in [-0.4, -0.2) is 45.3 Å². The van der Waals surface area contributed by atoms with Gasteiger partial charge in [0.05, 0.1) is 12.2 Å². The van der Waals surface area contributed by atoms with Gasteiger partial charge in [0.2, 0.25) is 5.91 Å². The van der Waals surface area contributed by atoms with E-state index in [0.29, 0.717) is 13.1 Å². The van der Waals surface area contributed by atoms with Crippen molar-refractivity contribution in [1.29, 1.82) is 0 Å². The zero-order chi connectivity index (χ0) is 20.8. The molecule has 0 unspecified atom stereocenters. The van der Waals surface area contributed by atoms with Gasteiger partial charge in [-0.3, -0.25) is 9.59 Å². The van der Waals surface area contributed by atoms with Crippen LogP contribution in [0.15, 0.2) is 65.8 Å². The highest BCUT2D eigenvalue weighted by molar-refractivity contribution is 5.79. The molecule has 1 aliphatic heterocycles. The molecule has 0 radical (unpaired) electrons. The molecule has 2 aromatic heterocycles. The first-order chi connectivity index (χ1) is 14.7. The summed E-state index contributed by atoms with van der Waals surface area (Å²) in [6, 6.07) is 15.1. The van der Waals surface area contributed by atoms with Gasteiger partial charge in [-0.1, -0.05) is 30.3 Å². The molecule has 8 nitrogen and oxygen atoms in total. The van der Waals surface area contributed by atoms with Crippen molar-refractivity contribution in [3.05, 3.63) is 71.4 Å². The lowest BCUT2D eigenvalue weighted by atomic mass is 9.96. The highest BCUT2D eigenvalue weighted by Crippen LogP contribution is 2.25. The lowest BCUT2D eigenvalue weighted by Gasteiger charge is -2.32. The van der Waals surface area contributed by atoms with E-state index in [4.69, 9.17) is 0 Å². The molecule has 4 rings (SSSR count). The molecule has 3 heterocycles. The van der Waals surface area contributed by atoms with Gasteiger partial charge in [-0.25, -0.2) is 14.6 Å². The van der Waals surface area contributed by atoms with Gasteiger partial charge in [-0.05, 0) is 18.9 Å². The fraction of sp³-hybridized carbons (Fsp3) is 0.318. The first kappa shape index (κ1) is 19.8. The number of piperidine rings is 1. The minimum absolute atomic E-state index is 0.0304. The molecule has 30 heavy (non-hydrogen) atoms. The normalized spacial score (nSPS) is 14.5. The molecule has 3 aromatic rings. The molecular weight excluding hydrogens is 380 g/mol. The van der Waals surface area contributed by atoms with Gasteiger partial charge in [0, 0.05) is 49.4 Å². The minimum atomic E-state index is -0.167. The molecule has 0 atom stereocenters. The quantitative estimate of drug-likeness (QED) is 0.673. The van der Waals surface area contributed by atoms with Gasteiger partial charge in [0.25, 0.3) is 5.56 Å². The molecule has 0 bridgehead atoms. The Labute approximate surface area is 174 Å². The zero-order valence-electron chi connectivity index (χ0n) is 16.6.